The first-order valence-corrected chi connectivity index (χ1v) is 12.9. The first-order chi connectivity index (χ1) is 14.6. The molecule has 4 rings (SSSR count). The van der Waals surface area contributed by atoms with Gasteiger partial charge in [0.2, 0.25) is 5.91 Å². The van der Waals surface area contributed by atoms with Crippen LogP contribution in [0.4, 0.5) is 0 Å². The zero-order chi connectivity index (χ0) is 22.6. The Kier molecular flexibility index (Phi) is 6.15. The van der Waals surface area contributed by atoms with Crippen LogP contribution in [-0.2, 0) is 14.4 Å². The number of carbonyl (C=O) groups excluding carboxylic acids is 3. The van der Waals surface area contributed by atoms with Gasteiger partial charge in [0.15, 0.2) is 0 Å². The normalized spacial score (nSPS) is 43.2. The van der Waals surface area contributed by atoms with Crippen LogP contribution in [0, 0.1) is 46.3 Å². The van der Waals surface area contributed by atoms with Gasteiger partial charge < -0.3 is 5.32 Å². The lowest BCUT2D eigenvalue weighted by Gasteiger charge is -2.59. The fraction of sp³-hybridized carbons (Fsp3) is 0.889. The molecule has 1 amide bonds. The fourth-order valence-corrected chi connectivity index (χ4v) is 8.58. The number of amides is 1. The number of ketones is 2. The van der Waals surface area contributed by atoms with Gasteiger partial charge in [-0.15, -0.1) is 0 Å². The van der Waals surface area contributed by atoms with E-state index in [4.69, 9.17) is 0 Å². The third-order valence-corrected chi connectivity index (χ3v) is 10.3. The molecule has 0 bridgehead atoms. The van der Waals surface area contributed by atoms with Gasteiger partial charge >= 0.3 is 0 Å². The van der Waals surface area contributed by atoms with Crippen LogP contribution in [0.3, 0.4) is 0 Å². The molecule has 8 atom stereocenters. The summed E-state index contributed by atoms with van der Waals surface area (Å²) in [5.74, 6) is 2.65. The molecule has 0 heterocycles. The number of hydrogen-bond donors (Lipinski definition) is 1. The van der Waals surface area contributed by atoms with E-state index in [1.165, 1.54) is 25.7 Å². The molecular weight excluding hydrogens is 386 g/mol. The number of nitrogens with one attached hydrogen (secondary N) is 1. The maximum atomic E-state index is 13.8. The van der Waals surface area contributed by atoms with Gasteiger partial charge in [-0.05, 0) is 81.0 Å². The van der Waals surface area contributed by atoms with Gasteiger partial charge in [0.05, 0.1) is 0 Å². The molecular formula is C27H43NO3. The molecule has 0 spiro atoms. The number of fused-ring (bicyclic) bond motifs is 5. The molecule has 4 nitrogen and oxygen atoms in total. The zero-order valence-electron chi connectivity index (χ0n) is 20.3. The van der Waals surface area contributed by atoms with Crippen molar-refractivity contribution in [2.75, 3.05) is 0 Å². The number of carbonyl (C=O) groups is 3. The van der Waals surface area contributed by atoms with Gasteiger partial charge in [-0.25, -0.2) is 0 Å². The summed E-state index contributed by atoms with van der Waals surface area (Å²) in [7, 11) is 0. The van der Waals surface area contributed by atoms with Crippen LogP contribution >= 0.6 is 0 Å². The van der Waals surface area contributed by atoms with Crippen LogP contribution in [0.5, 0.6) is 0 Å². The topological polar surface area (TPSA) is 63.2 Å². The largest absolute Gasteiger partial charge is 0.354 e. The van der Waals surface area contributed by atoms with Gasteiger partial charge in [-0.1, -0.05) is 33.6 Å². The minimum atomic E-state index is -0.386. The summed E-state index contributed by atoms with van der Waals surface area (Å²) in [6.07, 6.45) is 9.56. The first kappa shape index (κ1) is 23.0. The Morgan fingerprint density at radius 3 is 2.48 bits per heavy atom. The Hall–Kier alpha value is -1.19. The van der Waals surface area contributed by atoms with Gasteiger partial charge in [0, 0.05) is 36.6 Å². The molecule has 4 aliphatic rings. The Balaban J connectivity index is 1.53. The van der Waals surface area contributed by atoms with Crippen LogP contribution in [0.1, 0.15) is 98.8 Å². The number of hydrogen-bond acceptors (Lipinski definition) is 3. The van der Waals surface area contributed by atoms with E-state index in [1.807, 2.05) is 13.8 Å². The second kappa shape index (κ2) is 8.30. The first-order valence-electron chi connectivity index (χ1n) is 12.9. The lowest BCUT2D eigenvalue weighted by molar-refractivity contribution is -0.165. The Bertz CT molecular complexity index is 745. The molecule has 0 aromatic rings. The average molecular weight is 430 g/mol. The molecule has 4 heteroatoms. The molecule has 0 saturated heterocycles. The highest BCUT2D eigenvalue weighted by Crippen LogP contribution is 2.66. The van der Waals surface area contributed by atoms with Crippen molar-refractivity contribution in [3.05, 3.63) is 0 Å². The summed E-state index contributed by atoms with van der Waals surface area (Å²) in [6.45, 7) is 10.8. The molecule has 0 aromatic heterocycles. The quantitative estimate of drug-likeness (QED) is 0.642. The van der Waals surface area contributed by atoms with E-state index < -0.39 is 0 Å². The molecule has 0 radical (unpaired) electrons. The molecule has 4 saturated carbocycles. The Morgan fingerprint density at radius 1 is 1.03 bits per heavy atom. The predicted octanol–water partition coefficient (Wildman–Crippen LogP) is 5.33. The van der Waals surface area contributed by atoms with Gasteiger partial charge in [-0.2, -0.15) is 0 Å². The van der Waals surface area contributed by atoms with Crippen molar-refractivity contribution in [3.63, 3.8) is 0 Å². The van der Waals surface area contributed by atoms with Gasteiger partial charge in [-0.3, -0.25) is 14.4 Å². The third kappa shape index (κ3) is 3.70. The summed E-state index contributed by atoms with van der Waals surface area (Å²) in [4.78, 5) is 39.4. The van der Waals surface area contributed by atoms with Crippen molar-refractivity contribution in [3.8, 4) is 0 Å². The number of rotatable bonds is 5. The summed E-state index contributed by atoms with van der Waals surface area (Å²) >= 11 is 0. The lowest BCUT2D eigenvalue weighted by atomic mass is 9.44. The van der Waals surface area contributed by atoms with Crippen molar-refractivity contribution in [1.82, 2.24) is 5.32 Å². The summed E-state index contributed by atoms with van der Waals surface area (Å²) in [5.41, 5.74) is -0.213. The maximum Gasteiger partial charge on any atom is 0.220 e. The second-order valence-corrected chi connectivity index (χ2v) is 12.2. The highest BCUT2D eigenvalue weighted by atomic mass is 16.2. The molecule has 0 aliphatic heterocycles. The van der Waals surface area contributed by atoms with E-state index in [-0.39, 0.29) is 40.5 Å². The molecule has 0 unspecified atom stereocenters. The van der Waals surface area contributed by atoms with Crippen molar-refractivity contribution in [1.29, 1.82) is 0 Å². The third-order valence-electron chi connectivity index (χ3n) is 10.3. The summed E-state index contributed by atoms with van der Waals surface area (Å²) < 4.78 is 0. The van der Waals surface area contributed by atoms with Crippen LogP contribution in [0.2, 0.25) is 0 Å². The zero-order valence-corrected chi connectivity index (χ0v) is 20.3. The SMILES string of the molecule is CC(C)NC(=O)CC[C@H](C)[C@@H]1CC[C@@H]2[C@H]3C(=O)C[C@H]4CCCC[C@@]4(C)[C@@H]3CC(=O)[C@]21C. The van der Waals surface area contributed by atoms with Crippen LogP contribution < -0.4 is 5.32 Å². The second-order valence-electron chi connectivity index (χ2n) is 12.2. The van der Waals surface area contributed by atoms with Crippen LogP contribution in [0.15, 0.2) is 0 Å². The van der Waals surface area contributed by atoms with E-state index >= 15 is 0 Å². The molecule has 174 valence electrons. The molecule has 0 aromatic carbocycles. The van der Waals surface area contributed by atoms with E-state index in [0.717, 1.165) is 25.7 Å². The van der Waals surface area contributed by atoms with Crippen molar-refractivity contribution in [2.24, 2.45) is 46.3 Å². The minimum absolute atomic E-state index is 0.0866. The Labute approximate surface area is 188 Å². The van der Waals surface area contributed by atoms with E-state index in [9.17, 15) is 14.4 Å². The number of Topliss-reactive ketones (excluding diaryl/α,β-unsaturated/α-hetero) is 2. The fourth-order valence-electron chi connectivity index (χ4n) is 8.58. The standard InChI is InChI=1S/C27H43NO3/c1-16(2)28-24(31)12-9-17(3)19-10-11-20-25-21(15-23(30)27(19,20)5)26(4)13-7-6-8-18(26)14-22(25)29/h16-21,25H,6-15H2,1-5H3,(H,28,31)/t17-,18+,19-,20+,21+,25+,26+,27-/m0/s1. The monoisotopic (exact) mass is 429 g/mol. The average Bonchev–Trinajstić information content (AvgIpc) is 3.05. The van der Waals surface area contributed by atoms with Crippen molar-refractivity contribution < 1.29 is 14.4 Å². The predicted molar refractivity (Wildman–Crippen MR) is 122 cm³/mol. The maximum absolute atomic E-state index is 13.8. The Morgan fingerprint density at radius 2 is 1.77 bits per heavy atom. The highest BCUT2D eigenvalue weighted by Gasteiger charge is 2.65. The molecule has 1 N–H and O–H groups in total. The van der Waals surface area contributed by atoms with Gasteiger partial charge in [0.1, 0.15) is 11.6 Å². The lowest BCUT2D eigenvalue weighted by Crippen LogP contribution is -2.59. The summed E-state index contributed by atoms with van der Waals surface area (Å²) in [5, 5.41) is 2.99. The van der Waals surface area contributed by atoms with E-state index in [1.54, 1.807) is 0 Å². The minimum Gasteiger partial charge on any atom is -0.354 e. The smallest absolute Gasteiger partial charge is 0.220 e. The van der Waals surface area contributed by atoms with E-state index in [0.29, 0.717) is 42.2 Å². The summed E-state index contributed by atoms with van der Waals surface area (Å²) in [6, 6.07) is 0.162. The molecule has 4 fully saturated rings. The van der Waals surface area contributed by atoms with Crippen LogP contribution in [0.25, 0.3) is 0 Å². The van der Waals surface area contributed by atoms with Crippen molar-refractivity contribution in [2.45, 2.75) is 105 Å². The van der Waals surface area contributed by atoms with E-state index in [2.05, 4.69) is 26.1 Å². The van der Waals surface area contributed by atoms with Crippen LogP contribution in [-0.4, -0.2) is 23.5 Å². The molecule has 31 heavy (non-hydrogen) atoms. The van der Waals surface area contributed by atoms with Gasteiger partial charge in [0.25, 0.3) is 0 Å². The van der Waals surface area contributed by atoms with Crippen molar-refractivity contribution >= 4 is 17.5 Å². The highest BCUT2D eigenvalue weighted by molar-refractivity contribution is 5.92. The molecule has 4 aliphatic carbocycles.